The van der Waals surface area contributed by atoms with E-state index in [2.05, 4.69) is 6.58 Å². The molecule has 0 aliphatic rings. The summed E-state index contributed by atoms with van der Waals surface area (Å²) in [5, 5.41) is 0.793. The van der Waals surface area contributed by atoms with Gasteiger partial charge in [-0.15, -0.1) is 23.2 Å². The molecule has 3 heteroatoms. The van der Waals surface area contributed by atoms with Crippen molar-refractivity contribution in [2.45, 2.75) is 36.9 Å². The monoisotopic (exact) mass is 214 g/mol. The molecule has 0 rings (SSSR count). The van der Waals surface area contributed by atoms with Crippen molar-refractivity contribution in [3.05, 3.63) is 11.6 Å². The number of hydrogen-bond donors (Lipinski definition) is 0. The molecule has 0 N–H and O–H groups in total. The molecule has 0 saturated heterocycles. The summed E-state index contributed by atoms with van der Waals surface area (Å²) in [6.07, 6.45) is 2.39. The van der Waals surface area contributed by atoms with E-state index >= 15 is 0 Å². The van der Waals surface area contributed by atoms with E-state index in [0.29, 0.717) is 11.5 Å². The van der Waals surface area contributed by atoms with Gasteiger partial charge in [-0.25, -0.2) is 0 Å². The summed E-state index contributed by atoms with van der Waals surface area (Å²) >= 11 is 17.4. The lowest BCUT2D eigenvalue weighted by molar-refractivity contribution is 0.687. The molecule has 0 heterocycles. The van der Waals surface area contributed by atoms with Crippen LogP contribution in [0.4, 0.5) is 0 Å². The largest absolute Gasteiger partial charge is 0.123 e. The Balaban J connectivity index is 3.51. The predicted molar refractivity (Wildman–Crippen MR) is 53.8 cm³/mol. The Kier molecular flexibility index (Phi) is 6.50. The van der Waals surface area contributed by atoms with Crippen LogP contribution in [-0.2, 0) is 0 Å². The number of rotatable bonds is 5. The fourth-order valence-corrected chi connectivity index (χ4v) is 1.74. The van der Waals surface area contributed by atoms with E-state index in [-0.39, 0.29) is 10.8 Å². The molecule has 0 amide bonds. The second kappa shape index (κ2) is 6.16. The first kappa shape index (κ1) is 11.6. The summed E-state index contributed by atoms with van der Waals surface area (Å²) in [4.78, 5) is 0. The molecular weight excluding hydrogens is 202 g/mol. The summed E-state index contributed by atoms with van der Waals surface area (Å²) in [6, 6.07) is 0. The first-order valence-corrected chi connectivity index (χ1v) is 4.92. The smallest absolute Gasteiger partial charge is 0.0398 e. The van der Waals surface area contributed by atoms with Gasteiger partial charge in [-0.2, -0.15) is 0 Å². The molecule has 0 aliphatic carbocycles. The lowest BCUT2D eigenvalue weighted by atomic mass is 10.1. The predicted octanol–water partition coefficient (Wildman–Crippen LogP) is 4.14. The van der Waals surface area contributed by atoms with Gasteiger partial charge in [0.2, 0.25) is 0 Å². The number of alkyl halides is 2. The van der Waals surface area contributed by atoms with Gasteiger partial charge in [0.1, 0.15) is 0 Å². The van der Waals surface area contributed by atoms with Gasteiger partial charge in [0.15, 0.2) is 0 Å². The number of hydrogen-bond acceptors (Lipinski definition) is 0. The van der Waals surface area contributed by atoms with E-state index in [1.165, 1.54) is 0 Å². The summed E-state index contributed by atoms with van der Waals surface area (Å²) in [5.74, 6) is 0. The van der Waals surface area contributed by atoms with Gasteiger partial charge in [-0.3, -0.25) is 0 Å². The zero-order valence-electron chi connectivity index (χ0n) is 6.62. The average Bonchev–Trinajstić information content (AvgIpc) is 1.85. The molecule has 0 bridgehead atoms. The molecule has 0 fully saturated rings. The van der Waals surface area contributed by atoms with Crippen molar-refractivity contribution < 1.29 is 0 Å². The fraction of sp³-hybridized carbons (Fsp3) is 0.750. The van der Waals surface area contributed by atoms with Crippen LogP contribution in [0.15, 0.2) is 11.6 Å². The third-order valence-corrected chi connectivity index (χ3v) is 2.37. The number of allylic oxidation sites excluding steroid dienone is 1. The highest BCUT2D eigenvalue weighted by Gasteiger charge is 2.10. The zero-order valence-corrected chi connectivity index (χ0v) is 8.88. The molecular formula is C8H13Cl3. The van der Waals surface area contributed by atoms with Crippen molar-refractivity contribution in [2.24, 2.45) is 0 Å². The minimum absolute atomic E-state index is 0.0300. The normalized spacial score (nSPS) is 16.0. The molecule has 0 spiro atoms. The SMILES string of the molecule is C=C(Cl)CC(Cl)CC(Cl)CC. The summed E-state index contributed by atoms with van der Waals surface area (Å²) in [5.41, 5.74) is 0. The van der Waals surface area contributed by atoms with Crippen molar-refractivity contribution in [1.29, 1.82) is 0 Å². The van der Waals surface area contributed by atoms with Crippen LogP contribution in [0, 0.1) is 0 Å². The first-order valence-electron chi connectivity index (χ1n) is 3.67. The van der Waals surface area contributed by atoms with Crippen LogP contribution in [0.25, 0.3) is 0 Å². The van der Waals surface area contributed by atoms with Crippen molar-refractivity contribution in [1.82, 2.24) is 0 Å². The molecule has 0 nitrogen and oxygen atoms in total. The molecule has 0 radical (unpaired) electrons. The summed E-state index contributed by atoms with van der Waals surface area (Å²) in [6.45, 7) is 5.60. The van der Waals surface area contributed by atoms with Crippen molar-refractivity contribution in [3.63, 3.8) is 0 Å². The highest BCUT2D eigenvalue weighted by atomic mass is 35.5. The Morgan fingerprint density at radius 1 is 1.36 bits per heavy atom. The van der Waals surface area contributed by atoms with E-state index in [4.69, 9.17) is 34.8 Å². The highest BCUT2D eigenvalue weighted by molar-refractivity contribution is 6.30. The van der Waals surface area contributed by atoms with Crippen molar-refractivity contribution >= 4 is 34.8 Å². The maximum Gasteiger partial charge on any atom is 0.0398 e. The van der Waals surface area contributed by atoms with Gasteiger partial charge < -0.3 is 0 Å². The molecule has 2 atom stereocenters. The van der Waals surface area contributed by atoms with Crippen molar-refractivity contribution in [2.75, 3.05) is 0 Å². The van der Waals surface area contributed by atoms with Gasteiger partial charge >= 0.3 is 0 Å². The molecule has 0 aromatic heterocycles. The summed E-state index contributed by atoms with van der Waals surface area (Å²) < 4.78 is 0. The number of halogens is 3. The van der Waals surface area contributed by atoms with E-state index in [9.17, 15) is 0 Å². The second-order valence-corrected chi connectivity index (χ2v) is 4.33. The van der Waals surface area contributed by atoms with E-state index in [1.54, 1.807) is 0 Å². The molecule has 2 unspecified atom stereocenters. The Bertz CT molecular complexity index is 123. The quantitative estimate of drug-likeness (QED) is 0.605. The van der Waals surface area contributed by atoms with Gasteiger partial charge in [0.05, 0.1) is 0 Å². The third kappa shape index (κ3) is 6.99. The molecule has 0 aliphatic heterocycles. The third-order valence-electron chi connectivity index (χ3n) is 1.40. The van der Waals surface area contributed by atoms with Gasteiger partial charge in [-0.05, 0) is 19.3 Å². The van der Waals surface area contributed by atoms with Crippen LogP contribution in [0.5, 0.6) is 0 Å². The van der Waals surface area contributed by atoms with Crippen LogP contribution in [-0.4, -0.2) is 10.8 Å². The minimum Gasteiger partial charge on any atom is -0.123 e. The zero-order chi connectivity index (χ0) is 8.85. The molecule has 66 valence electrons. The van der Waals surface area contributed by atoms with Crippen LogP contribution in [0.2, 0.25) is 0 Å². The molecule has 0 aromatic rings. The average molecular weight is 216 g/mol. The van der Waals surface area contributed by atoms with Crippen LogP contribution in [0.1, 0.15) is 26.2 Å². The maximum atomic E-state index is 5.92. The van der Waals surface area contributed by atoms with E-state index in [0.717, 1.165) is 12.8 Å². The van der Waals surface area contributed by atoms with Crippen LogP contribution >= 0.6 is 34.8 Å². The maximum absolute atomic E-state index is 5.92. The first-order chi connectivity index (χ1) is 5.06. The standard InChI is InChI=1S/C8H13Cl3/c1-3-7(10)5-8(11)4-6(2)9/h7-8H,2-5H2,1H3. The fourth-order valence-electron chi connectivity index (χ4n) is 0.768. The van der Waals surface area contributed by atoms with E-state index in [1.807, 2.05) is 6.92 Å². The van der Waals surface area contributed by atoms with Crippen molar-refractivity contribution in [3.8, 4) is 0 Å². The van der Waals surface area contributed by atoms with Gasteiger partial charge in [-0.1, -0.05) is 25.1 Å². The minimum atomic E-state index is 0.0300. The topological polar surface area (TPSA) is 0 Å². The Hall–Kier alpha value is 0.610. The van der Waals surface area contributed by atoms with E-state index < -0.39 is 0 Å². The van der Waals surface area contributed by atoms with Crippen LogP contribution < -0.4 is 0 Å². The van der Waals surface area contributed by atoms with Crippen LogP contribution in [0.3, 0.4) is 0 Å². The highest BCUT2D eigenvalue weighted by Crippen LogP contribution is 2.20. The molecule has 0 aromatic carbocycles. The Labute approximate surface area is 83.5 Å². The summed E-state index contributed by atoms with van der Waals surface area (Å²) in [7, 11) is 0. The van der Waals surface area contributed by atoms with Gasteiger partial charge in [0.25, 0.3) is 0 Å². The lowest BCUT2D eigenvalue weighted by Gasteiger charge is -2.11. The lowest BCUT2D eigenvalue weighted by Crippen LogP contribution is -2.07. The Morgan fingerprint density at radius 3 is 2.27 bits per heavy atom. The van der Waals surface area contributed by atoms with Gasteiger partial charge in [0, 0.05) is 15.8 Å². The Morgan fingerprint density at radius 2 is 1.91 bits per heavy atom. The molecule has 11 heavy (non-hydrogen) atoms. The second-order valence-electron chi connectivity index (χ2n) is 2.56. The molecule has 0 saturated carbocycles.